The van der Waals surface area contributed by atoms with E-state index in [1.54, 1.807) is 0 Å². The molecule has 2 N–H and O–H groups in total. The van der Waals surface area contributed by atoms with Gasteiger partial charge >= 0.3 is 0 Å². The van der Waals surface area contributed by atoms with E-state index < -0.39 is 0 Å². The molecular weight excluding hydrogens is 266 g/mol. The molecule has 2 atom stereocenters. The smallest absolute Gasteiger partial charge is 0.161 e. The highest BCUT2D eigenvalue weighted by molar-refractivity contribution is 5.41. The maximum absolute atomic E-state index is 6.32. The van der Waals surface area contributed by atoms with E-state index in [9.17, 15) is 0 Å². The van der Waals surface area contributed by atoms with Crippen molar-refractivity contribution in [3.05, 3.63) is 54.1 Å². The zero-order valence-corrected chi connectivity index (χ0v) is 12.0. The molecule has 4 nitrogen and oxygen atoms in total. The summed E-state index contributed by atoms with van der Waals surface area (Å²) >= 11 is 0. The summed E-state index contributed by atoms with van der Waals surface area (Å²) in [6, 6.07) is 15.2. The third-order valence-corrected chi connectivity index (χ3v) is 3.51. The van der Waals surface area contributed by atoms with Gasteiger partial charge in [0.05, 0.1) is 12.6 Å². The van der Waals surface area contributed by atoms with Crippen molar-refractivity contribution in [3.8, 4) is 17.2 Å². The molecule has 3 rings (SSSR count). The largest absolute Gasteiger partial charge is 0.490 e. The normalized spacial score (nSPS) is 20.3. The fourth-order valence-electron chi connectivity index (χ4n) is 2.46. The molecule has 0 fully saturated rings. The summed E-state index contributed by atoms with van der Waals surface area (Å²) in [5, 5.41) is 0. The predicted molar refractivity (Wildman–Crippen MR) is 80.9 cm³/mol. The molecule has 1 aliphatic heterocycles. The molecular formula is C17H19NO3. The van der Waals surface area contributed by atoms with Crippen molar-refractivity contribution in [2.75, 3.05) is 13.2 Å². The average molecular weight is 285 g/mol. The summed E-state index contributed by atoms with van der Waals surface area (Å²) in [6.45, 7) is 2.97. The Labute approximate surface area is 124 Å². The van der Waals surface area contributed by atoms with Crippen molar-refractivity contribution in [3.63, 3.8) is 0 Å². The highest BCUT2D eigenvalue weighted by Crippen LogP contribution is 2.34. The summed E-state index contributed by atoms with van der Waals surface area (Å²) in [4.78, 5) is 0. The Hall–Kier alpha value is -2.20. The zero-order valence-electron chi connectivity index (χ0n) is 12.0. The molecule has 0 amide bonds. The van der Waals surface area contributed by atoms with Crippen LogP contribution in [0.1, 0.15) is 18.5 Å². The van der Waals surface area contributed by atoms with Gasteiger partial charge < -0.3 is 19.9 Å². The van der Waals surface area contributed by atoms with Crippen LogP contribution in [0.25, 0.3) is 0 Å². The van der Waals surface area contributed by atoms with Gasteiger partial charge in [-0.3, -0.25) is 0 Å². The van der Waals surface area contributed by atoms with E-state index in [1.165, 1.54) is 0 Å². The number of fused-ring (bicyclic) bond motifs is 1. The van der Waals surface area contributed by atoms with Crippen LogP contribution >= 0.6 is 0 Å². The lowest BCUT2D eigenvalue weighted by atomic mass is 9.99. The first kappa shape index (κ1) is 13.8. The highest BCUT2D eigenvalue weighted by Gasteiger charge is 2.30. The Balaban J connectivity index is 1.81. The highest BCUT2D eigenvalue weighted by atomic mass is 16.6. The monoisotopic (exact) mass is 285 g/mol. The quantitative estimate of drug-likeness (QED) is 0.938. The lowest BCUT2D eigenvalue weighted by molar-refractivity contribution is 0.0845. The molecule has 4 heteroatoms. The zero-order chi connectivity index (χ0) is 14.7. The maximum atomic E-state index is 6.32. The second-order valence-corrected chi connectivity index (χ2v) is 4.91. The molecule has 1 aliphatic rings. The van der Waals surface area contributed by atoms with Gasteiger partial charge in [0.1, 0.15) is 12.4 Å². The van der Waals surface area contributed by atoms with Crippen LogP contribution in [-0.2, 0) is 0 Å². The van der Waals surface area contributed by atoms with Crippen LogP contribution in [-0.4, -0.2) is 19.3 Å². The van der Waals surface area contributed by atoms with Gasteiger partial charge in [0.25, 0.3) is 0 Å². The molecule has 0 spiro atoms. The van der Waals surface area contributed by atoms with Gasteiger partial charge in [-0.1, -0.05) is 30.3 Å². The molecule has 0 bridgehead atoms. The number of rotatable bonds is 4. The number of hydrogen-bond donors (Lipinski definition) is 1. The van der Waals surface area contributed by atoms with E-state index in [1.807, 2.05) is 55.5 Å². The molecule has 1 heterocycles. The fraction of sp³-hybridized carbons (Fsp3) is 0.294. The molecule has 2 unspecified atom stereocenters. The fourth-order valence-corrected chi connectivity index (χ4v) is 2.46. The van der Waals surface area contributed by atoms with Gasteiger partial charge in [0.2, 0.25) is 0 Å². The molecule has 0 radical (unpaired) electrons. The number of benzene rings is 2. The average Bonchev–Trinajstić information content (AvgIpc) is 2.52. The van der Waals surface area contributed by atoms with Crippen LogP contribution in [0.15, 0.2) is 48.5 Å². The van der Waals surface area contributed by atoms with Crippen molar-refractivity contribution < 1.29 is 14.2 Å². The number of para-hydroxylation sites is 3. The molecule has 0 saturated carbocycles. The Bertz CT molecular complexity index is 614. The molecule has 2 aromatic rings. The van der Waals surface area contributed by atoms with E-state index in [-0.39, 0.29) is 12.1 Å². The standard InChI is InChI=1S/C17H19NO3/c1-2-19-14-9-5-6-10-15(14)21-16-11-20-13-8-4-3-7-12(13)17(16)18/h3-10,16-17H,2,11,18H2,1H3. The Morgan fingerprint density at radius 1 is 1.10 bits per heavy atom. The second-order valence-electron chi connectivity index (χ2n) is 4.91. The summed E-state index contributed by atoms with van der Waals surface area (Å²) in [5.74, 6) is 2.26. The van der Waals surface area contributed by atoms with Crippen molar-refractivity contribution in [1.82, 2.24) is 0 Å². The topological polar surface area (TPSA) is 53.7 Å². The molecule has 0 saturated heterocycles. The minimum atomic E-state index is -0.235. The summed E-state index contributed by atoms with van der Waals surface area (Å²) in [7, 11) is 0. The lowest BCUT2D eigenvalue weighted by Crippen LogP contribution is -2.40. The van der Waals surface area contributed by atoms with E-state index >= 15 is 0 Å². The van der Waals surface area contributed by atoms with Crippen molar-refractivity contribution >= 4 is 0 Å². The van der Waals surface area contributed by atoms with Gasteiger partial charge in [0.15, 0.2) is 17.6 Å². The molecule has 21 heavy (non-hydrogen) atoms. The number of ether oxygens (including phenoxy) is 3. The molecule has 110 valence electrons. The predicted octanol–water partition coefficient (Wildman–Crippen LogP) is 2.93. The van der Waals surface area contributed by atoms with E-state index in [0.29, 0.717) is 19.0 Å². The first-order chi connectivity index (χ1) is 10.3. The summed E-state index contributed by atoms with van der Waals surface area (Å²) in [6.07, 6.45) is -0.235. The Morgan fingerprint density at radius 2 is 1.81 bits per heavy atom. The first-order valence-corrected chi connectivity index (χ1v) is 7.15. The Morgan fingerprint density at radius 3 is 2.62 bits per heavy atom. The minimum Gasteiger partial charge on any atom is -0.490 e. The van der Waals surface area contributed by atoms with Crippen LogP contribution in [0.5, 0.6) is 17.2 Å². The third-order valence-electron chi connectivity index (χ3n) is 3.51. The van der Waals surface area contributed by atoms with Gasteiger partial charge in [-0.15, -0.1) is 0 Å². The summed E-state index contributed by atoms with van der Waals surface area (Å²) in [5.41, 5.74) is 7.29. The van der Waals surface area contributed by atoms with Crippen molar-refractivity contribution in [1.29, 1.82) is 0 Å². The van der Waals surface area contributed by atoms with E-state index in [4.69, 9.17) is 19.9 Å². The third kappa shape index (κ3) is 2.81. The van der Waals surface area contributed by atoms with Gasteiger partial charge in [-0.25, -0.2) is 0 Å². The van der Waals surface area contributed by atoms with Crippen molar-refractivity contribution in [2.45, 2.75) is 19.1 Å². The summed E-state index contributed by atoms with van der Waals surface area (Å²) < 4.78 is 17.3. The SMILES string of the molecule is CCOc1ccccc1OC1COc2ccccc2C1N. The van der Waals surface area contributed by atoms with Crippen molar-refractivity contribution in [2.24, 2.45) is 5.73 Å². The van der Waals surface area contributed by atoms with Crippen LogP contribution in [0.4, 0.5) is 0 Å². The second kappa shape index (κ2) is 6.06. The van der Waals surface area contributed by atoms with E-state index in [0.717, 1.165) is 17.1 Å². The maximum Gasteiger partial charge on any atom is 0.161 e. The minimum absolute atomic E-state index is 0.218. The van der Waals surface area contributed by atoms with Gasteiger partial charge in [-0.05, 0) is 25.1 Å². The number of nitrogens with two attached hydrogens (primary N) is 1. The van der Waals surface area contributed by atoms with Crippen LogP contribution in [0.3, 0.4) is 0 Å². The lowest BCUT2D eigenvalue weighted by Gasteiger charge is -2.31. The van der Waals surface area contributed by atoms with Gasteiger partial charge in [-0.2, -0.15) is 0 Å². The van der Waals surface area contributed by atoms with Crippen LogP contribution in [0.2, 0.25) is 0 Å². The Kier molecular flexibility index (Phi) is 3.97. The van der Waals surface area contributed by atoms with Gasteiger partial charge in [0, 0.05) is 5.56 Å². The molecule has 0 aromatic heterocycles. The number of hydrogen-bond acceptors (Lipinski definition) is 4. The van der Waals surface area contributed by atoms with Crippen LogP contribution in [0, 0.1) is 0 Å². The first-order valence-electron chi connectivity index (χ1n) is 7.15. The molecule has 0 aliphatic carbocycles. The molecule has 2 aromatic carbocycles. The van der Waals surface area contributed by atoms with E-state index in [2.05, 4.69) is 0 Å². The van der Waals surface area contributed by atoms with Crippen LogP contribution < -0.4 is 19.9 Å².